The summed E-state index contributed by atoms with van der Waals surface area (Å²) in [6, 6.07) is 3.10. The predicted molar refractivity (Wildman–Crippen MR) is 93.1 cm³/mol. The van der Waals surface area contributed by atoms with E-state index in [9.17, 15) is 14.4 Å². The normalized spacial score (nSPS) is 15.4. The smallest absolute Gasteiger partial charge is 0.298 e. The van der Waals surface area contributed by atoms with E-state index < -0.39 is 11.7 Å². The Balaban J connectivity index is 1.66. The van der Waals surface area contributed by atoms with Gasteiger partial charge in [0.2, 0.25) is 5.91 Å². The van der Waals surface area contributed by atoms with Crippen molar-refractivity contribution in [2.45, 2.75) is 25.7 Å². The highest BCUT2D eigenvalue weighted by atomic mass is 16.3. The molecule has 0 aliphatic carbocycles. The quantitative estimate of drug-likeness (QED) is 0.562. The molecule has 0 aromatic carbocycles. The van der Waals surface area contributed by atoms with Crippen LogP contribution < -0.4 is 5.32 Å². The molecule has 2 amide bonds. The summed E-state index contributed by atoms with van der Waals surface area (Å²) in [6.45, 7) is 2.60. The zero-order valence-electron chi connectivity index (χ0n) is 15.0. The minimum absolute atomic E-state index is 0.0772. The highest BCUT2D eigenvalue weighted by Gasteiger charge is 2.29. The number of likely N-dealkylation sites (N-methyl/N-ethyl adjacent to an activating group) is 1. The van der Waals surface area contributed by atoms with Gasteiger partial charge in [0.1, 0.15) is 0 Å². The molecule has 0 bridgehead atoms. The van der Waals surface area contributed by atoms with Crippen LogP contribution in [0.2, 0.25) is 0 Å². The number of hydrogen-bond acceptors (Lipinski definition) is 5. The first kappa shape index (κ1) is 19.2. The van der Waals surface area contributed by atoms with Gasteiger partial charge in [0.25, 0.3) is 11.7 Å². The molecular weight excluding hydrogens is 322 g/mol. The first-order valence-electron chi connectivity index (χ1n) is 8.76. The van der Waals surface area contributed by atoms with Crippen LogP contribution in [0, 0.1) is 5.92 Å². The zero-order valence-corrected chi connectivity index (χ0v) is 15.0. The molecule has 7 nitrogen and oxygen atoms in total. The molecule has 0 radical (unpaired) electrons. The van der Waals surface area contributed by atoms with E-state index in [2.05, 4.69) is 5.32 Å². The maximum absolute atomic E-state index is 12.2. The topological polar surface area (TPSA) is 82.9 Å². The zero-order chi connectivity index (χ0) is 18.2. The van der Waals surface area contributed by atoms with Crippen LogP contribution in [0.25, 0.3) is 0 Å². The van der Waals surface area contributed by atoms with Gasteiger partial charge in [-0.1, -0.05) is 0 Å². The second-order valence-electron chi connectivity index (χ2n) is 6.73. The van der Waals surface area contributed by atoms with Crippen molar-refractivity contribution in [3.63, 3.8) is 0 Å². The minimum Gasteiger partial charge on any atom is -0.461 e. The molecule has 1 aromatic rings. The van der Waals surface area contributed by atoms with Crippen molar-refractivity contribution in [2.24, 2.45) is 5.92 Å². The first-order chi connectivity index (χ1) is 12.0. The second kappa shape index (κ2) is 9.36. The van der Waals surface area contributed by atoms with Crippen LogP contribution in [-0.2, 0) is 9.59 Å². The third kappa shape index (κ3) is 6.01. The van der Waals surface area contributed by atoms with E-state index in [-0.39, 0.29) is 11.7 Å². The fourth-order valence-corrected chi connectivity index (χ4v) is 2.92. The number of piperidine rings is 1. The number of carbonyl (C=O) groups excluding carboxylic acids is 3. The number of Topliss-reactive ketones (excluding diaryl/α,β-unsaturated/α-hetero) is 1. The van der Waals surface area contributed by atoms with Crippen LogP contribution in [0.4, 0.5) is 0 Å². The van der Waals surface area contributed by atoms with Gasteiger partial charge in [-0.05, 0) is 51.4 Å². The van der Waals surface area contributed by atoms with Crippen molar-refractivity contribution < 1.29 is 18.8 Å². The number of likely N-dealkylation sites (tertiary alicyclic amines) is 1. The van der Waals surface area contributed by atoms with Crippen molar-refractivity contribution in [3.05, 3.63) is 24.2 Å². The van der Waals surface area contributed by atoms with Crippen molar-refractivity contribution in [1.82, 2.24) is 15.1 Å². The standard InChI is InChI=1S/C18H27N3O4/c1-20(2)12-9-19-16(22)6-5-14-7-10-21(11-8-14)18(24)17(23)15-4-3-13-25-15/h3-4,13-14H,5-12H2,1-2H3,(H,19,22). The summed E-state index contributed by atoms with van der Waals surface area (Å²) in [7, 11) is 3.94. The number of rotatable bonds is 8. The third-order valence-electron chi connectivity index (χ3n) is 4.50. The number of amides is 2. The maximum atomic E-state index is 12.2. The SMILES string of the molecule is CN(C)CCNC(=O)CCC1CCN(C(=O)C(=O)c2ccco2)CC1. The Hall–Kier alpha value is -2.15. The van der Waals surface area contributed by atoms with Gasteiger partial charge in [0.15, 0.2) is 5.76 Å². The Kier molecular flexibility index (Phi) is 7.18. The summed E-state index contributed by atoms with van der Waals surface area (Å²) < 4.78 is 5.00. The third-order valence-corrected chi connectivity index (χ3v) is 4.50. The van der Waals surface area contributed by atoms with E-state index in [1.807, 2.05) is 19.0 Å². The summed E-state index contributed by atoms with van der Waals surface area (Å²) in [5.74, 6) is -0.518. The van der Waals surface area contributed by atoms with Gasteiger partial charge in [-0.3, -0.25) is 14.4 Å². The van der Waals surface area contributed by atoms with Crippen molar-refractivity contribution in [2.75, 3.05) is 40.3 Å². The lowest BCUT2D eigenvalue weighted by Crippen LogP contribution is -2.42. The van der Waals surface area contributed by atoms with Crippen molar-refractivity contribution in [3.8, 4) is 0 Å². The maximum Gasteiger partial charge on any atom is 0.298 e. The number of nitrogens with one attached hydrogen (secondary N) is 1. The largest absolute Gasteiger partial charge is 0.461 e. The van der Waals surface area contributed by atoms with E-state index in [4.69, 9.17) is 4.42 Å². The first-order valence-corrected chi connectivity index (χ1v) is 8.76. The molecule has 1 fully saturated rings. The Labute approximate surface area is 148 Å². The molecule has 1 N–H and O–H groups in total. The molecule has 0 spiro atoms. The van der Waals surface area contributed by atoms with Crippen LogP contribution in [0.5, 0.6) is 0 Å². The highest BCUT2D eigenvalue weighted by Crippen LogP contribution is 2.22. The Morgan fingerprint density at radius 3 is 2.60 bits per heavy atom. The van der Waals surface area contributed by atoms with Gasteiger partial charge in [-0.15, -0.1) is 0 Å². The molecule has 1 saturated heterocycles. The molecule has 2 heterocycles. The molecule has 1 aliphatic rings. The van der Waals surface area contributed by atoms with Gasteiger partial charge in [0.05, 0.1) is 6.26 Å². The van der Waals surface area contributed by atoms with Crippen LogP contribution in [-0.4, -0.2) is 67.7 Å². The monoisotopic (exact) mass is 349 g/mol. The summed E-state index contributed by atoms with van der Waals surface area (Å²) in [6.07, 6.45) is 4.36. The Morgan fingerprint density at radius 2 is 2.00 bits per heavy atom. The molecule has 1 aromatic heterocycles. The number of furan rings is 1. The highest BCUT2D eigenvalue weighted by molar-refractivity contribution is 6.41. The van der Waals surface area contributed by atoms with Crippen LogP contribution in [0.3, 0.4) is 0 Å². The molecule has 0 unspecified atom stereocenters. The number of ketones is 1. The van der Waals surface area contributed by atoms with Gasteiger partial charge >= 0.3 is 0 Å². The lowest BCUT2D eigenvalue weighted by molar-refractivity contribution is -0.128. The summed E-state index contributed by atoms with van der Waals surface area (Å²) in [4.78, 5) is 39.6. The van der Waals surface area contributed by atoms with Gasteiger partial charge in [-0.25, -0.2) is 0 Å². The van der Waals surface area contributed by atoms with E-state index >= 15 is 0 Å². The fourth-order valence-electron chi connectivity index (χ4n) is 2.92. The number of carbonyl (C=O) groups is 3. The molecule has 0 saturated carbocycles. The number of nitrogens with zero attached hydrogens (tertiary/aromatic N) is 2. The summed E-state index contributed by atoms with van der Waals surface area (Å²) >= 11 is 0. The lowest BCUT2D eigenvalue weighted by atomic mass is 9.92. The predicted octanol–water partition coefficient (Wildman–Crippen LogP) is 1.16. The molecule has 138 valence electrons. The second-order valence-corrected chi connectivity index (χ2v) is 6.73. The van der Waals surface area contributed by atoms with Crippen LogP contribution in [0.15, 0.2) is 22.8 Å². The van der Waals surface area contributed by atoms with E-state index in [0.29, 0.717) is 32.0 Å². The van der Waals surface area contributed by atoms with Crippen LogP contribution >= 0.6 is 0 Å². The Bertz CT molecular complexity index is 575. The molecule has 0 atom stereocenters. The van der Waals surface area contributed by atoms with Crippen LogP contribution in [0.1, 0.15) is 36.2 Å². The summed E-state index contributed by atoms with van der Waals surface area (Å²) in [5, 5.41) is 2.91. The average Bonchev–Trinajstić information content (AvgIpc) is 3.13. The molecule has 1 aliphatic heterocycles. The lowest BCUT2D eigenvalue weighted by Gasteiger charge is -2.31. The van der Waals surface area contributed by atoms with Gasteiger partial charge < -0.3 is 19.5 Å². The van der Waals surface area contributed by atoms with Crippen molar-refractivity contribution >= 4 is 17.6 Å². The average molecular weight is 349 g/mol. The van der Waals surface area contributed by atoms with Gasteiger partial charge in [-0.2, -0.15) is 0 Å². The summed E-state index contributed by atoms with van der Waals surface area (Å²) in [5.41, 5.74) is 0. The van der Waals surface area contributed by atoms with E-state index in [0.717, 1.165) is 25.8 Å². The molecular formula is C18H27N3O4. The molecule has 2 rings (SSSR count). The molecule has 25 heavy (non-hydrogen) atoms. The fraction of sp³-hybridized carbons (Fsp3) is 0.611. The number of hydrogen-bond donors (Lipinski definition) is 1. The minimum atomic E-state index is -0.594. The van der Waals surface area contributed by atoms with E-state index in [1.165, 1.54) is 12.3 Å². The van der Waals surface area contributed by atoms with Gasteiger partial charge in [0, 0.05) is 32.6 Å². The van der Waals surface area contributed by atoms with E-state index in [1.54, 1.807) is 11.0 Å². The molecule has 7 heteroatoms. The van der Waals surface area contributed by atoms with Crippen molar-refractivity contribution in [1.29, 1.82) is 0 Å². The Morgan fingerprint density at radius 1 is 1.28 bits per heavy atom.